The fourth-order valence-electron chi connectivity index (χ4n) is 2.16. The maximum atomic E-state index is 11.8. The Bertz CT molecular complexity index is 453. The van der Waals surface area contributed by atoms with Gasteiger partial charge in [0.2, 0.25) is 11.5 Å². The molecule has 0 aliphatic rings. The summed E-state index contributed by atoms with van der Waals surface area (Å²) in [5.74, 6) is -1.26. The van der Waals surface area contributed by atoms with E-state index >= 15 is 0 Å². The highest BCUT2D eigenvalue weighted by atomic mass is 16.6. The van der Waals surface area contributed by atoms with E-state index in [-0.39, 0.29) is 37.9 Å². The maximum absolute atomic E-state index is 11.8. The molecular formula is C18H28O7. The molecule has 0 radical (unpaired) electrons. The molecule has 1 heterocycles. The lowest BCUT2D eigenvalue weighted by Gasteiger charge is -2.03. The summed E-state index contributed by atoms with van der Waals surface area (Å²) < 4.78 is 15.3. The van der Waals surface area contributed by atoms with Crippen molar-refractivity contribution in [2.24, 2.45) is 0 Å². The van der Waals surface area contributed by atoms with Gasteiger partial charge in [-0.2, -0.15) is 0 Å². The number of carbonyl (C=O) groups excluding carboxylic acids is 2. The SMILES string of the molecule is O=C(OCCCCCCO)c1ccc(C(=O)OCCCCCCO)o1. The second-order valence-corrected chi connectivity index (χ2v) is 5.71. The van der Waals surface area contributed by atoms with Crippen molar-refractivity contribution in [1.29, 1.82) is 0 Å². The van der Waals surface area contributed by atoms with E-state index in [1.54, 1.807) is 0 Å². The van der Waals surface area contributed by atoms with Crippen molar-refractivity contribution in [1.82, 2.24) is 0 Å². The number of hydrogen-bond donors (Lipinski definition) is 2. The lowest BCUT2D eigenvalue weighted by molar-refractivity contribution is 0.0426. The molecular weight excluding hydrogens is 328 g/mol. The van der Waals surface area contributed by atoms with Gasteiger partial charge < -0.3 is 24.1 Å². The molecule has 0 aromatic carbocycles. The van der Waals surface area contributed by atoms with Gasteiger partial charge in [0.05, 0.1) is 13.2 Å². The molecule has 0 fully saturated rings. The van der Waals surface area contributed by atoms with Crippen LogP contribution in [0, 0.1) is 0 Å². The molecule has 1 aromatic rings. The first-order valence-corrected chi connectivity index (χ1v) is 8.85. The van der Waals surface area contributed by atoms with Crippen molar-refractivity contribution >= 4 is 11.9 Å². The molecule has 0 atom stereocenters. The van der Waals surface area contributed by atoms with Crippen LogP contribution in [0.2, 0.25) is 0 Å². The molecule has 7 heteroatoms. The van der Waals surface area contributed by atoms with Crippen LogP contribution in [0.25, 0.3) is 0 Å². The Balaban J connectivity index is 2.23. The van der Waals surface area contributed by atoms with Gasteiger partial charge in [0, 0.05) is 13.2 Å². The Morgan fingerprint density at radius 3 is 1.52 bits per heavy atom. The Morgan fingerprint density at radius 2 is 1.12 bits per heavy atom. The lowest BCUT2D eigenvalue weighted by atomic mass is 10.2. The third-order valence-electron chi connectivity index (χ3n) is 3.58. The van der Waals surface area contributed by atoms with Crippen molar-refractivity contribution < 1.29 is 33.7 Å². The molecule has 7 nitrogen and oxygen atoms in total. The molecule has 2 N–H and O–H groups in total. The number of aliphatic hydroxyl groups excluding tert-OH is 2. The Hall–Kier alpha value is -1.86. The Labute approximate surface area is 147 Å². The smallest absolute Gasteiger partial charge is 0.374 e. The molecule has 1 rings (SSSR count). The average molecular weight is 356 g/mol. The topological polar surface area (TPSA) is 106 Å². The molecule has 142 valence electrons. The van der Waals surface area contributed by atoms with Crippen LogP contribution in [-0.2, 0) is 9.47 Å². The van der Waals surface area contributed by atoms with E-state index in [0.29, 0.717) is 0 Å². The first-order chi connectivity index (χ1) is 12.2. The van der Waals surface area contributed by atoms with Gasteiger partial charge in [-0.15, -0.1) is 0 Å². The monoisotopic (exact) mass is 356 g/mol. The minimum absolute atomic E-state index is 0.0229. The molecule has 0 unspecified atom stereocenters. The van der Waals surface area contributed by atoms with Crippen molar-refractivity contribution in [3.8, 4) is 0 Å². The molecule has 0 aliphatic carbocycles. The highest BCUT2D eigenvalue weighted by Crippen LogP contribution is 2.12. The van der Waals surface area contributed by atoms with Crippen LogP contribution in [-0.4, -0.2) is 48.6 Å². The van der Waals surface area contributed by atoms with Crippen LogP contribution in [0.5, 0.6) is 0 Å². The third-order valence-corrected chi connectivity index (χ3v) is 3.58. The van der Waals surface area contributed by atoms with E-state index in [0.717, 1.165) is 51.4 Å². The highest BCUT2D eigenvalue weighted by Gasteiger charge is 2.17. The molecule has 25 heavy (non-hydrogen) atoms. The highest BCUT2D eigenvalue weighted by molar-refractivity contribution is 5.90. The summed E-state index contributed by atoms with van der Waals surface area (Å²) in [5.41, 5.74) is 0. The predicted molar refractivity (Wildman–Crippen MR) is 90.4 cm³/mol. The summed E-state index contributed by atoms with van der Waals surface area (Å²) >= 11 is 0. The van der Waals surface area contributed by atoms with E-state index in [2.05, 4.69) is 0 Å². The second-order valence-electron chi connectivity index (χ2n) is 5.71. The first-order valence-electron chi connectivity index (χ1n) is 8.85. The van der Waals surface area contributed by atoms with Gasteiger partial charge in [-0.25, -0.2) is 9.59 Å². The number of hydrogen-bond acceptors (Lipinski definition) is 7. The number of aliphatic hydroxyl groups is 2. The summed E-state index contributed by atoms with van der Waals surface area (Å²) in [6, 6.07) is 2.79. The summed E-state index contributed by atoms with van der Waals surface area (Å²) in [6.45, 7) is 0.901. The minimum atomic E-state index is -0.606. The van der Waals surface area contributed by atoms with Gasteiger partial charge >= 0.3 is 11.9 Å². The van der Waals surface area contributed by atoms with Gasteiger partial charge in [-0.1, -0.05) is 12.8 Å². The van der Waals surface area contributed by atoms with E-state index < -0.39 is 11.9 Å². The lowest BCUT2D eigenvalue weighted by Crippen LogP contribution is -2.07. The molecule has 0 bridgehead atoms. The normalized spacial score (nSPS) is 10.6. The minimum Gasteiger partial charge on any atom is -0.460 e. The van der Waals surface area contributed by atoms with Crippen LogP contribution >= 0.6 is 0 Å². The van der Waals surface area contributed by atoms with Gasteiger partial charge in [-0.3, -0.25) is 0 Å². The number of furan rings is 1. The fraction of sp³-hybridized carbons (Fsp3) is 0.667. The Morgan fingerprint density at radius 1 is 0.720 bits per heavy atom. The van der Waals surface area contributed by atoms with E-state index in [1.807, 2.05) is 0 Å². The standard InChI is InChI=1S/C18H28O7/c19-11-5-1-3-7-13-23-17(21)15-9-10-16(25-15)18(22)24-14-8-4-2-6-12-20/h9-10,19-20H,1-8,11-14H2. The molecule has 0 amide bonds. The maximum Gasteiger partial charge on any atom is 0.374 e. The summed E-state index contributed by atoms with van der Waals surface area (Å²) in [6.07, 6.45) is 6.48. The zero-order chi connectivity index (χ0) is 18.3. The van der Waals surface area contributed by atoms with Crippen molar-refractivity contribution in [2.75, 3.05) is 26.4 Å². The van der Waals surface area contributed by atoms with Crippen molar-refractivity contribution in [3.05, 3.63) is 23.7 Å². The molecule has 0 saturated carbocycles. The van der Waals surface area contributed by atoms with Gasteiger partial charge in [0.25, 0.3) is 0 Å². The fourth-order valence-corrected chi connectivity index (χ4v) is 2.16. The quantitative estimate of drug-likeness (QED) is 0.390. The second kappa shape index (κ2) is 13.4. The molecule has 1 aromatic heterocycles. The van der Waals surface area contributed by atoms with Crippen LogP contribution in [0.3, 0.4) is 0 Å². The van der Waals surface area contributed by atoms with Crippen molar-refractivity contribution in [3.63, 3.8) is 0 Å². The number of ether oxygens (including phenoxy) is 2. The number of carbonyl (C=O) groups is 2. The van der Waals surface area contributed by atoms with Gasteiger partial charge in [0.15, 0.2) is 0 Å². The van der Waals surface area contributed by atoms with E-state index in [9.17, 15) is 9.59 Å². The van der Waals surface area contributed by atoms with E-state index in [1.165, 1.54) is 12.1 Å². The average Bonchev–Trinajstić information content (AvgIpc) is 3.11. The first kappa shape index (κ1) is 21.2. The molecule has 0 saturated heterocycles. The Kier molecular flexibility index (Phi) is 11.4. The summed E-state index contributed by atoms with van der Waals surface area (Å²) in [5, 5.41) is 17.3. The van der Waals surface area contributed by atoms with Crippen LogP contribution in [0.4, 0.5) is 0 Å². The van der Waals surface area contributed by atoms with Crippen LogP contribution in [0.1, 0.15) is 72.5 Å². The number of esters is 2. The zero-order valence-electron chi connectivity index (χ0n) is 14.6. The summed E-state index contributed by atoms with van der Waals surface area (Å²) in [7, 11) is 0. The third kappa shape index (κ3) is 9.26. The van der Waals surface area contributed by atoms with Crippen LogP contribution < -0.4 is 0 Å². The number of rotatable bonds is 14. The largest absolute Gasteiger partial charge is 0.460 e. The summed E-state index contributed by atoms with van der Waals surface area (Å²) in [4.78, 5) is 23.6. The van der Waals surface area contributed by atoms with Crippen molar-refractivity contribution in [2.45, 2.75) is 51.4 Å². The number of unbranched alkanes of at least 4 members (excludes halogenated alkanes) is 6. The molecule has 0 spiro atoms. The molecule has 0 aliphatic heterocycles. The van der Waals surface area contributed by atoms with Gasteiger partial charge in [0.1, 0.15) is 0 Å². The zero-order valence-corrected chi connectivity index (χ0v) is 14.6. The van der Waals surface area contributed by atoms with Gasteiger partial charge in [-0.05, 0) is 50.7 Å². The predicted octanol–water partition coefficient (Wildman–Crippen LogP) is 2.70. The van der Waals surface area contributed by atoms with E-state index in [4.69, 9.17) is 24.1 Å². The van der Waals surface area contributed by atoms with Crippen LogP contribution in [0.15, 0.2) is 16.5 Å².